The van der Waals surface area contributed by atoms with Crippen LogP contribution in [-0.2, 0) is 6.54 Å². The van der Waals surface area contributed by atoms with Crippen LogP contribution in [0.15, 0.2) is 4.63 Å². The molecule has 0 aliphatic heterocycles. The molecular formula is C12H22N4O. The number of hydrogen-bond acceptors (Lipinski definition) is 5. The zero-order chi connectivity index (χ0) is 12.3. The zero-order valence-corrected chi connectivity index (χ0v) is 10.7. The Morgan fingerprint density at radius 1 is 1.35 bits per heavy atom. The highest BCUT2D eigenvalue weighted by molar-refractivity contribution is 5.04. The molecule has 0 spiro atoms. The number of nitrogens with two attached hydrogens (primary N) is 1. The van der Waals surface area contributed by atoms with Gasteiger partial charge in [-0.3, -0.25) is 4.90 Å². The highest BCUT2D eigenvalue weighted by Crippen LogP contribution is 2.27. The average Bonchev–Trinajstić information content (AvgIpc) is 2.75. The SMILES string of the molecule is Cc1nonc1CN(C)C1CCCCC1CN. The Bertz CT molecular complexity index is 352. The minimum absolute atomic E-state index is 0.574. The van der Waals surface area contributed by atoms with Crippen molar-refractivity contribution in [2.24, 2.45) is 11.7 Å². The fourth-order valence-electron chi connectivity index (χ4n) is 2.79. The molecule has 17 heavy (non-hydrogen) atoms. The molecule has 2 atom stereocenters. The van der Waals surface area contributed by atoms with Gasteiger partial charge in [-0.2, -0.15) is 0 Å². The summed E-state index contributed by atoms with van der Waals surface area (Å²) in [6.07, 6.45) is 5.11. The van der Waals surface area contributed by atoms with Crippen molar-refractivity contribution in [2.45, 2.75) is 45.2 Å². The summed E-state index contributed by atoms with van der Waals surface area (Å²) in [5.74, 6) is 0.619. The summed E-state index contributed by atoms with van der Waals surface area (Å²) in [7, 11) is 2.15. The van der Waals surface area contributed by atoms with Gasteiger partial charge in [0.25, 0.3) is 0 Å². The number of aryl methyl sites for hydroxylation is 1. The van der Waals surface area contributed by atoms with E-state index in [-0.39, 0.29) is 0 Å². The fraction of sp³-hybridized carbons (Fsp3) is 0.833. The molecule has 2 unspecified atom stereocenters. The molecule has 5 heteroatoms. The van der Waals surface area contributed by atoms with E-state index in [4.69, 9.17) is 10.4 Å². The predicted octanol–water partition coefficient (Wildman–Crippen LogP) is 1.33. The van der Waals surface area contributed by atoms with Gasteiger partial charge in [0.15, 0.2) is 0 Å². The minimum Gasteiger partial charge on any atom is -0.330 e. The second-order valence-corrected chi connectivity index (χ2v) is 5.06. The molecule has 0 saturated heterocycles. The molecule has 1 aliphatic carbocycles. The summed E-state index contributed by atoms with van der Waals surface area (Å²) < 4.78 is 4.74. The van der Waals surface area contributed by atoms with Gasteiger partial charge in [-0.05, 0) is 39.3 Å². The van der Waals surface area contributed by atoms with Crippen LogP contribution in [0.3, 0.4) is 0 Å². The molecule has 0 radical (unpaired) electrons. The largest absolute Gasteiger partial charge is 0.330 e. The number of nitrogens with zero attached hydrogens (tertiary/aromatic N) is 3. The molecule has 96 valence electrons. The average molecular weight is 238 g/mol. The van der Waals surface area contributed by atoms with Crippen molar-refractivity contribution in [3.63, 3.8) is 0 Å². The topological polar surface area (TPSA) is 68.2 Å². The van der Waals surface area contributed by atoms with Gasteiger partial charge in [-0.15, -0.1) is 0 Å². The van der Waals surface area contributed by atoms with Gasteiger partial charge in [0, 0.05) is 12.6 Å². The van der Waals surface area contributed by atoms with Crippen molar-refractivity contribution in [1.29, 1.82) is 0 Å². The molecule has 5 nitrogen and oxygen atoms in total. The summed E-state index contributed by atoms with van der Waals surface area (Å²) >= 11 is 0. The van der Waals surface area contributed by atoms with Crippen LogP contribution in [0.4, 0.5) is 0 Å². The van der Waals surface area contributed by atoms with E-state index < -0.39 is 0 Å². The van der Waals surface area contributed by atoms with Gasteiger partial charge in [0.1, 0.15) is 11.4 Å². The number of aromatic nitrogens is 2. The summed E-state index contributed by atoms with van der Waals surface area (Å²) in [6, 6.07) is 0.574. The molecular weight excluding hydrogens is 216 g/mol. The summed E-state index contributed by atoms with van der Waals surface area (Å²) in [4.78, 5) is 2.35. The molecule has 0 bridgehead atoms. The predicted molar refractivity (Wildman–Crippen MR) is 65.3 cm³/mol. The van der Waals surface area contributed by atoms with Crippen LogP contribution in [0.25, 0.3) is 0 Å². The van der Waals surface area contributed by atoms with Gasteiger partial charge in [-0.25, -0.2) is 4.63 Å². The lowest BCUT2D eigenvalue weighted by Gasteiger charge is -2.37. The summed E-state index contributed by atoms with van der Waals surface area (Å²) in [5.41, 5.74) is 7.69. The van der Waals surface area contributed by atoms with Crippen LogP contribution in [0.2, 0.25) is 0 Å². The molecule has 0 aromatic carbocycles. The third kappa shape index (κ3) is 2.84. The van der Waals surface area contributed by atoms with E-state index in [2.05, 4.69) is 22.3 Å². The van der Waals surface area contributed by atoms with E-state index in [1.165, 1.54) is 25.7 Å². The normalized spacial score (nSPS) is 25.4. The lowest BCUT2D eigenvalue weighted by atomic mass is 9.83. The molecule has 1 aromatic heterocycles. The fourth-order valence-corrected chi connectivity index (χ4v) is 2.79. The Morgan fingerprint density at radius 3 is 2.76 bits per heavy atom. The molecule has 1 aromatic rings. The van der Waals surface area contributed by atoms with Gasteiger partial charge in [0.05, 0.1) is 0 Å². The maximum atomic E-state index is 5.86. The van der Waals surface area contributed by atoms with E-state index in [0.717, 1.165) is 24.5 Å². The number of hydrogen-bond donors (Lipinski definition) is 1. The Hall–Kier alpha value is -0.940. The second-order valence-electron chi connectivity index (χ2n) is 5.06. The first kappa shape index (κ1) is 12.5. The lowest BCUT2D eigenvalue weighted by Crippen LogP contribution is -2.42. The lowest BCUT2D eigenvalue weighted by molar-refractivity contribution is 0.124. The van der Waals surface area contributed by atoms with Crippen LogP contribution >= 0.6 is 0 Å². The van der Waals surface area contributed by atoms with Gasteiger partial charge in [-0.1, -0.05) is 23.2 Å². The minimum atomic E-state index is 0.574. The van der Waals surface area contributed by atoms with E-state index in [0.29, 0.717) is 12.0 Å². The zero-order valence-electron chi connectivity index (χ0n) is 10.7. The van der Waals surface area contributed by atoms with Crippen LogP contribution < -0.4 is 5.73 Å². The molecule has 1 saturated carbocycles. The monoisotopic (exact) mass is 238 g/mol. The molecule has 0 amide bonds. The molecule has 1 fully saturated rings. The van der Waals surface area contributed by atoms with Crippen molar-refractivity contribution >= 4 is 0 Å². The first-order chi connectivity index (χ1) is 8.22. The second kappa shape index (κ2) is 5.60. The first-order valence-corrected chi connectivity index (χ1v) is 6.40. The van der Waals surface area contributed by atoms with Crippen molar-refractivity contribution in [3.05, 3.63) is 11.4 Å². The standard InChI is InChI=1S/C12H22N4O/c1-9-11(15-17-14-9)8-16(2)12-6-4-3-5-10(12)7-13/h10,12H,3-8,13H2,1-2H3. The van der Waals surface area contributed by atoms with Crippen LogP contribution in [0.1, 0.15) is 37.1 Å². The van der Waals surface area contributed by atoms with Crippen LogP contribution in [-0.4, -0.2) is 34.8 Å². The Morgan fingerprint density at radius 2 is 2.12 bits per heavy atom. The smallest absolute Gasteiger partial charge is 0.122 e. The van der Waals surface area contributed by atoms with Crippen molar-refractivity contribution in [1.82, 2.24) is 15.2 Å². The number of rotatable bonds is 4. The highest BCUT2D eigenvalue weighted by Gasteiger charge is 2.27. The van der Waals surface area contributed by atoms with E-state index in [9.17, 15) is 0 Å². The maximum Gasteiger partial charge on any atom is 0.122 e. The maximum absolute atomic E-state index is 5.86. The Balaban J connectivity index is 1.98. The Labute approximate surface area is 102 Å². The summed E-state index contributed by atoms with van der Waals surface area (Å²) in [6.45, 7) is 3.52. The third-order valence-electron chi connectivity index (χ3n) is 3.88. The van der Waals surface area contributed by atoms with Crippen LogP contribution in [0, 0.1) is 12.8 Å². The van der Waals surface area contributed by atoms with E-state index in [1.54, 1.807) is 0 Å². The van der Waals surface area contributed by atoms with Crippen LogP contribution in [0.5, 0.6) is 0 Å². The third-order valence-corrected chi connectivity index (χ3v) is 3.88. The van der Waals surface area contributed by atoms with Gasteiger partial charge in [0.2, 0.25) is 0 Å². The van der Waals surface area contributed by atoms with Crippen molar-refractivity contribution in [3.8, 4) is 0 Å². The molecule has 2 rings (SSSR count). The van der Waals surface area contributed by atoms with E-state index in [1.807, 2.05) is 6.92 Å². The molecule has 1 aliphatic rings. The summed E-state index contributed by atoms with van der Waals surface area (Å²) in [5, 5.41) is 7.76. The van der Waals surface area contributed by atoms with Gasteiger partial charge >= 0.3 is 0 Å². The van der Waals surface area contributed by atoms with Crippen molar-refractivity contribution in [2.75, 3.05) is 13.6 Å². The van der Waals surface area contributed by atoms with Gasteiger partial charge < -0.3 is 5.73 Å². The highest BCUT2D eigenvalue weighted by atomic mass is 16.6. The molecule has 2 N–H and O–H groups in total. The first-order valence-electron chi connectivity index (χ1n) is 6.40. The Kier molecular flexibility index (Phi) is 4.12. The van der Waals surface area contributed by atoms with Crippen molar-refractivity contribution < 1.29 is 4.63 Å². The quantitative estimate of drug-likeness (QED) is 0.857. The van der Waals surface area contributed by atoms with E-state index >= 15 is 0 Å². The molecule has 1 heterocycles.